The molecule has 3 N–H and O–H groups in total. The van der Waals surface area contributed by atoms with E-state index in [1.807, 2.05) is 0 Å². The summed E-state index contributed by atoms with van der Waals surface area (Å²) in [6.07, 6.45) is 1.38. The van der Waals surface area contributed by atoms with E-state index >= 15 is 0 Å². The van der Waals surface area contributed by atoms with E-state index < -0.39 is 18.0 Å². The summed E-state index contributed by atoms with van der Waals surface area (Å²) in [5.41, 5.74) is 0. The summed E-state index contributed by atoms with van der Waals surface area (Å²) in [5, 5.41) is 7.45. The fourth-order valence-electron chi connectivity index (χ4n) is 1.86. The lowest BCUT2D eigenvalue weighted by Crippen LogP contribution is -2.55. The van der Waals surface area contributed by atoms with Crippen molar-refractivity contribution in [1.29, 1.82) is 0 Å². The number of rotatable bonds is 2. The van der Waals surface area contributed by atoms with Crippen LogP contribution < -0.4 is 16.0 Å². The number of hydrogen-bond donors (Lipinski definition) is 3. The van der Waals surface area contributed by atoms with E-state index in [4.69, 9.17) is 4.74 Å². The highest BCUT2D eigenvalue weighted by molar-refractivity contribution is 6.01. The van der Waals surface area contributed by atoms with Crippen molar-refractivity contribution in [2.45, 2.75) is 31.3 Å². The monoisotopic (exact) mass is 241 g/mol. The van der Waals surface area contributed by atoms with Crippen molar-refractivity contribution in [1.82, 2.24) is 16.0 Å². The molecule has 7 heteroatoms. The molecule has 7 nitrogen and oxygen atoms in total. The lowest BCUT2D eigenvalue weighted by atomic mass is 10.1. The van der Waals surface area contributed by atoms with Gasteiger partial charge in [0.2, 0.25) is 11.8 Å². The van der Waals surface area contributed by atoms with Gasteiger partial charge in [0.15, 0.2) is 0 Å². The van der Waals surface area contributed by atoms with Crippen LogP contribution in [0.15, 0.2) is 0 Å². The lowest BCUT2D eigenvalue weighted by Gasteiger charge is -2.22. The third-order valence-corrected chi connectivity index (χ3v) is 2.81. The minimum absolute atomic E-state index is 0.00304. The van der Waals surface area contributed by atoms with Gasteiger partial charge in [-0.15, -0.1) is 0 Å². The molecule has 0 aromatic heterocycles. The number of piperidine rings is 1. The quantitative estimate of drug-likeness (QED) is 0.533. The fraction of sp³-hybridized carbons (Fsp3) is 0.700. The summed E-state index contributed by atoms with van der Waals surface area (Å²) < 4.78 is 5.12. The Hall–Kier alpha value is -1.63. The maximum absolute atomic E-state index is 11.6. The van der Waals surface area contributed by atoms with E-state index in [1.54, 1.807) is 0 Å². The molecule has 0 aliphatic carbocycles. The molecule has 2 heterocycles. The molecule has 0 spiro atoms. The second-order valence-electron chi connectivity index (χ2n) is 4.18. The Labute approximate surface area is 98.3 Å². The summed E-state index contributed by atoms with van der Waals surface area (Å²) >= 11 is 0. The molecule has 0 saturated carbocycles. The second-order valence-corrected chi connectivity index (χ2v) is 4.18. The summed E-state index contributed by atoms with van der Waals surface area (Å²) in [4.78, 5) is 33.8. The molecule has 17 heavy (non-hydrogen) atoms. The van der Waals surface area contributed by atoms with Crippen molar-refractivity contribution in [3.63, 3.8) is 0 Å². The van der Waals surface area contributed by atoms with E-state index in [1.165, 1.54) is 0 Å². The van der Waals surface area contributed by atoms with Crippen LogP contribution in [0.4, 0.5) is 4.79 Å². The van der Waals surface area contributed by atoms with Crippen molar-refractivity contribution >= 4 is 17.8 Å². The van der Waals surface area contributed by atoms with E-state index in [0.29, 0.717) is 19.6 Å². The van der Waals surface area contributed by atoms with Gasteiger partial charge in [0.25, 0.3) is 0 Å². The first-order chi connectivity index (χ1) is 8.15. The molecule has 2 atom stereocenters. The van der Waals surface area contributed by atoms with E-state index in [9.17, 15) is 14.4 Å². The van der Waals surface area contributed by atoms with Crippen LogP contribution in [0.3, 0.4) is 0 Å². The molecular formula is C10H15N3O4. The van der Waals surface area contributed by atoms with Gasteiger partial charge in [0.1, 0.15) is 6.04 Å². The van der Waals surface area contributed by atoms with Crippen molar-refractivity contribution < 1.29 is 19.1 Å². The normalized spacial score (nSPS) is 28.7. The summed E-state index contributed by atoms with van der Waals surface area (Å²) in [5.74, 6) is -0.739. The number of carbonyl (C=O) groups is 3. The Morgan fingerprint density at radius 2 is 2.12 bits per heavy atom. The van der Waals surface area contributed by atoms with Gasteiger partial charge >= 0.3 is 6.03 Å². The van der Waals surface area contributed by atoms with Crippen LogP contribution in [0, 0.1) is 0 Å². The average molecular weight is 241 g/mol. The highest BCUT2D eigenvalue weighted by Crippen LogP contribution is 2.05. The van der Waals surface area contributed by atoms with Crippen LogP contribution in [0.2, 0.25) is 0 Å². The number of nitrogens with one attached hydrogen (secondary N) is 3. The molecule has 4 amide bonds. The van der Waals surface area contributed by atoms with Gasteiger partial charge in [-0.1, -0.05) is 0 Å². The zero-order valence-corrected chi connectivity index (χ0v) is 9.32. The number of urea groups is 1. The Morgan fingerprint density at radius 1 is 1.29 bits per heavy atom. The predicted molar refractivity (Wildman–Crippen MR) is 57.1 cm³/mol. The number of imide groups is 1. The van der Waals surface area contributed by atoms with Crippen LogP contribution in [0.1, 0.15) is 19.3 Å². The SMILES string of the molecule is O=C1CCC(NC(=O)NC2CCOC2)C(=O)N1. The third kappa shape index (κ3) is 3.16. The Bertz CT molecular complexity index is 338. The highest BCUT2D eigenvalue weighted by Gasteiger charge is 2.28. The van der Waals surface area contributed by atoms with Crippen LogP contribution in [0.5, 0.6) is 0 Å². The lowest BCUT2D eigenvalue weighted by molar-refractivity contribution is -0.134. The molecule has 2 unspecified atom stereocenters. The summed E-state index contributed by atoms with van der Waals surface area (Å²) in [6.45, 7) is 1.14. The predicted octanol–water partition coefficient (Wildman–Crippen LogP) is -1.12. The standard InChI is InChI=1S/C10H15N3O4/c14-8-2-1-7(9(15)13-8)12-10(16)11-6-3-4-17-5-6/h6-7H,1-5H2,(H2,11,12,16)(H,13,14,15). The molecule has 2 saturated heterocycles. The Balaban J connectivity index is 1.77. The third-order valence-electron chi connectivity index (χ3n) is 2.81. The Morgan fingerprint density at radius 3 is 2.76 bits per heavy atom. The zero-order valence-electron chi connectivity index (χ0n) is 9.32. The molecule has 2 rings (SSSR count). The number of hydrogen-bond acceptors (Lipinski definition) is 4. The maximum atomic E-state index is 11.6. The minimum Gasteiger partial charge on any atom is -0.379 e. The van der Waals surface area contributed by atoms with E-state index in [-0.39, 0.29) is 18.4 Å². The maximum Gasteiger partial charge on any atom is 0.315 e. The van der Waals surface area contributed by atoms with Crippen LogP contribution in [-0.2, 0) is 14.3 Å². The van der Waals surface area contributed by atoms with Crippen molar-refractivity contribution in [3.05, 3.63) is 0 Å². The highest BCUT2D eigenvalue weighted by atomic mass is 16.5. The molecule has 2 aliphatic rings. The average Bonchev–Trinajstić information content (AvgIpc) is 2.75. The first-order valence-corrected chi connectivity index (χ1v) is 5.63. The first-order valence-electron chi connectivity index (χ1n) is 5.63. The molecule has 0 aromatic rings. The second kappa shape index (κ2) is 5.13. The van der Waals surface area contributed by atoms with Crippen LogP contribution in [0.25, 0.3) is 0 Å². The van der Waals surface area contributed by atoms with Gasteiger partial charge in [-0.25, -0.2) is 4.79 Å². The smallest absolute Gasteiger partial charge is 0.315 e. The Kier molecular flexibility index (Phi) is 3.58. The van der Waals surface area contributed by atoms with Crippen molar-refractivity contribution in [2.75, 3.05) is 13.2 Å². The summed E-state index contributed by atoms with van der Waals surface area (Å²) in [7, 11) is 0. The molecule has 0 aromatic carbocycles. The molecule has 2 fully saturated rings. The van der Waals surface area contributed by atoms with Gasteiger partial charge < -0.3 is 15.4 Å². The number of ether oxygens (including phenoxy) is 1. The molecule has 94 valence electrons. The summed E-state index contributed by atoms with van der Waals surface area (Å²) in [6, 6.07) is -1.02. The number of carbonyl (C=O) groups excluding carboxylic acids is 3. The van der Waals surface area contributed by atoms with Gasteiger partial charge in [0, 0.05) is 13.0 Å². The van der Waals surface area contributed by atoms with Gasteiger partial charge in [-0.3, -0.25) is 14.9 Å². The van der Waals surface area contributed by atoms with Gasteiger partial charge in [0.05, 0.1) is 12.6 Å². The fourth-order valence-corrected chi connectivity index (χ4v) is 1.86. The minimum atomic E-state index is -0.630. The largest absolute Gasteiger partial charge is 0.379 e. The van der Waals surface area contributed by atoms with Gasteiger partial charge in [-0.05, 0) is 12.8 Å². The van der Waals surface area contributed by atoms with Crippen LogP contribution in [-0.4, -0.2) is 43.1 Å². The van der Waals surface area contributed by atoms with Crippen molar-refractivity contribution in [2.24, 2.45) is 0 Å². The molecule has 0 bridgehead atoms. The topological polar surface area (TPSA) is 96.5 Å². The van der Waals surface area contributed by atoms with Crippen molar-refractivity contribution in [3.8, 4) is 0 Å². The first kappa shape index (κ1) is 11.8. The zero-order chi connectivity index (χ0) is 12.3. The van der Waals surface area contributed by atoms with E-state index in [0.717, 1.165) is 6.42 Å². The molecule has 0 radical (unpaired) electrons. The molecular weight excluding hydrogens is 226 g/mol. The van der Waals surface area contributed by atoms with Gasteiger partial charge in [-0.2, -0.15) is 0 Å². The van der Waals surface area contributed by atoms with Crippen LogP contribution >= 0.6 is 0 Å². The van der Waals surface area contributed by atoms with E-state index in [2.05, 4.69) is 16.0 Å². The number of amides is 4. The molecule has 2 aliphatic heterocycles.